The summed E-state index contributed by atoms with van der Waals surface area (Å²) in [4.78, 5) is 4.21. The van der Waals surface area contributed by atoms with E-state index in [0.717, 1.165) is 25.3 Å². The van der Waals surface area contributed by atoms with E-state index in [1.807, 2.05) is 19.3 Å². The van der Waals surface area contributed by atoms with Crippen molar-refractivity contribution in [2.24, 2.45) is 0 Å². The zero-order valence-electron chi connectivity index (χ0n) is 10.5. The summed E-state index contributed by atoms with van der Waals surface area (Å²) in [7, 11) is 0. The number of nitrogens with zero attached hydrogens (tertiary/aromatic N) is 2. The van der Waals surface area contributed by atoms with Gasteiger partial charge >= 0.3 is 0 Å². The predicted molar refractivity (Wildman–Crippen MR) is 71.3 cm³/mol. The Kier molecular flexibility index (Phi) is 3.81. The van der Waals surface area contributed by atoms with Gasteiger partial charge in [-0.05, 0) is 25.0 Å². The van der Waals surface area contributed by atoms with Crippen LogP contribution < -0.4 is 5.32 Å². The number of nitrogens with one attached hydrogen (secondary N) is 1. The van der Waals surface area contributed by atoms with E-state index in [2.05, 4.69) is 46.1 Å². The molecule has 1 aromatic heterocycles. The summed E-state index contributed by atoms with van der Waals surface area (Å²) in [6, 6.07) is 8.47. The van der Waals surface area contributed by atoms with E-state index in [0.29, 0.717) is 0 Å². The van der Waals surface area contributed by atoms with Gasteiger partial charge in [0.2, 0.25) is 0 Å². The molecule has 0 amide bonds. The predicted octanol–water partition coefficient (Wildman–Crippen LogP) is 2.87. The second kappa shape index (κ2) is 5.53. The molecular weight excluding hydrogens is 210 g/mol. The molecule has 0 aliphatic carbocycles. The molecule has 0 saturated carbocycles. The molecule has 0 fully saturated rings. The topological polar surface area (TPSA) is 29.9 Å². The van der Waals surface area contributed by atoms with Crippen LogP contribution in [0.15, 0.2) is 36.7 Å². The summed E-state index contributed by atoms with van der Waals surface area (Å²) in [6.45, 7) is 6.08. The quantitative estimate of drug-likeness (QED) is 0.854. The molecule has 3 nitrogen and oxygen atoms in total. The van der Waals surface area contributed by atoms with Crippen molar-refractivity contribution >= 4 is 5.69 Å². The second-order valence-electron chi connectivity index (χ2n) is 4.11. The zero-order chi connectivity index (χ0) is 12.1. The molecule has 0 saturated heterocycles. The first-order valence-electron chi connectivity index (χ1n) is 6.10. The average molecular weight is 229 g/mol. The molecule has 0 aliphatic heterocycles. The summed E-state index contributed by atoms with van der Waals surface area (Å²) in [5.74, 6) is 1.07. The second-order valence-corrected chi connectivity index (χ2v) is 4.11. The number of anilines is 1. The molecule has 0 spiro atoms. The number of aryl methyl sites for hydroxylation is 2. The standard InChI is InChI=1S/C14H19N3/c1-3-13-6-4-5-7-14(13)16-9-11-17-10-8-15-12(17)2/h4-8,10,16H,3,9,11H2,1-2H3. The Hall–Kier alpha value is -1.77. The van der Waals surface area contributed by atoms with E-state index in [-0.39, 0.29) is 0 Å². The highest BCUT2D eigenvalue weighted by Gasteiger charge is 1.99. The zero-order valence-corrected chi connectivity index (χ0v) is 10.5. The van der Waals surface area contributed by atoms with Crippen LogP contribution in [0.2, 0.25) is 0 Å². The van der Waals surface area contributed by atoms with Crippen molar-refractivity contribution in [2.75, 3.05) is 11.9 Å². The SMILES string of the molecule is CCc1ccccc1NCCn1ccnc1C. The fraction of sp³-hybridized carbons (Fsp3) is 0.357. The Morgan fingerprint density at radius 2 is 2.12 bits per heavy atom. The minimum absolute atomic E-state index is 0.925. The van der Waals surface area contributed by atoms with Crippen molar-refractivity contribution in [3.8, 4) is 0 Å². The third kappa shape index (κ3) is 2.87. The molecule has 0 aliphatic rings. The molecule has 0 radical (unpaired) electrons. The van der Waals surface area contributed by atoms with Crippen LogP contribution in [-0.4, -0.2) is 16.1 Å². The number of hydrogen-bond donors (Lipinski definition) is 1. The third-order valence-corrected chi connectivity index (χ3v) is 2.99. The maximum absolute atomic E-state index is 4.21. The number of rotatable bonds is 5. The summed E-state index contributed by atoms with van der Waals surface area (Å²) in [6.07, 6.45) is 4.92. The smallest absolute Gasteiger partial charge is 0.105 e. The van der Waals surface area contributed by atoms with Gasteiger partial charge < -0.3 is 9.88 Å². The van der Waals surface area contributed by atoms with Gasteiger partial charge in [-0.25, -0.2) is 4.98 Å². The molecule has 1 aromatic carbocycles. The van der Waals surface area contributed by atoms with Crippen molar-refractivity contribution in [3.63, 3.8) is 0 Å². The van der Waals surface area contributed by atoms with Gasteiger partial charge in [0.05, 0.1) is 0 Å². The summed E-state index contributed by atoms with van der Waals surface area (Å²) in [5.41, 5.74) is 2.61. The first-order valence-corrected chi connectivity index (χ1v) is 6.10. The lowest BCUT2D eigenvalue weighted by Crippen LogP contribution is -2.11. The van der Waals surface area contributed by atoms with Crippen LogP contribution in [-0.2, 0) is 13.0 Å². The minimum atomic E-state index is 0.925. The largest absolute Gasteiger partial charge is 0.383 e. The fourth-order valence-corrected chi connectivity index (χ4v) is 1.95. The van der Waals surface area contributed by atoms with Gasteiger partial charge in [-0.3, -0.25) is 0 Å². The van der Waals surface area contributed by atoms with Crippen molar-refractivity contribution in [1.29, 1.82) is 0 Å². The van der Waals surface area contributed by atoms with Crippen molar-refractivity contribution in [2.45, 2.75) is 26.8 Å². The molecule has 2 aromatic rings. The van der Waals surface area contributed by atoms with Crippen molar-refractivity contribution in [3.05, 3.63) is 48.0 Å². The lowest BCUT2D eigenvalue weighted by molar-refractivity contribution is 0.700. The van der Waals surface area contributed by atoms with Gasteiger partial charge in [-0.1, -0.05) is 25.1 Å². The number of benzene rings is 1. The van der Waals surface area contributed by atoms with Gasteiger partial charge in [0, 0.05) is 31.2 Å². The Morgan fingerprint density at radius 3 is 2.82 bits per heavy atom. The minimum Gasteiger partial charge on any atom is -0.383 e. The lowest BCUT2D eigenvalue weighted by Gasteiger charge is -2.11. The van der Waals surface area contributed by atoms with Gasteiger partial charge in [-0.2, -0.15) is 0 Å². The third-order valence-electron chi connectivity index (χ3n) is 2.99. The normalized spacial score (nSPS) is 10.5. The van der Waals surface area contributed by atoms with Crippen molar-refractivity contribution < 1.29 is 0 Å². The van der Waals surface area contributed by atoms with Crippen LogP contribution in [0.4, 0.5) is 5.69 Å². The van der Waals surface area contributed by atoms with Gasteiger partial charge in [-0.15, -0.1) is 0 Å². The monoisotopic (exact) mass is 229 g/mol. The Morgan fingerprint density at radius 1 is 1.29 bits per heavy atom. The van der Waals surface area contributed by atoms with Crippen LogP contribution in [0.25, 0.3) is 0 Å². The molecule has 1 N–H and O–H groups in total. The molecule has 17 heavy (non-hydrogen) atoms. The van der Waals surface area contributed by atoms with E-state index in [1.54, 1.807) is 0 Å². The highest BCUT2D eigenvalue weighted by atomic mass is 15.1. The summed E-state index contributed by atoms with van der Waals surface area (Å²) in [5, 5.41) is 3.48. The molecule has 2 rings (SSSR count). The van der Waals surface area contributed by atoms with Gasteiger partial charge in [0.15, 0.2) is 0 Å². The molecule has 90 valence electrons. The van der Waals surface area contributed by atoms with Crippen LogP contribution in [0.1, 0.15) is 18.3 Å². The molecule has 0 atom stereocenters. The maximum atomic E-state index is 4.21. The first-order chi connectivity index (χ1) is 8.31. The molecule has 0 bridgehead atoms. The van der Waals surface area contributed by atoms with E-state index >= 15 is 0 Å². The average Bonchev–Trinajstić information content (AvgIpc) is 2.76. The van der Waals surface area contributed by atoms with Crippen LogP contribution >= 0.6 is 0 Å². The van der Waals surface area contributed by atoms with E-state index in [4.69, 9.17) is 0 Å². The van der Waals surface area contributed by atoms with Gasteiger partial charge in [0.1, 0.15) is 5.82 Å². The van der Waals surface area contributed by atoms with E-state index < -0.39 is 0 Å². The maximum Gasteiger partial charge on any atom is 0.105 e. The number of aromatic nitrogens is 2. The highest BCUT2D eigenvalue weighted by molar-refractivity contribution is 5.50. The summed E-state index contributed by atoms with van der Waals surface area (Å²) < 4.78 is 2.15. The molecule has 3 heteroatoms. The number of para-hydroxylation sites is 1. The Bertz CT molecular complexity index is 474. The van der Waals surface area contributed by atoms with E-state index in [9.17, 15) is 0 Å². The van der Waals surface area contributed by atoms with Gasteiger partial charge in [0.25, 0.3) is 0 Å². The van der Waals surface area contributed by atoms with Crippen LogP contribution in [0.5, 0.6) is 0 Å². The molecular formula is C14H19N3. The lowest BCUT2D eigenvalue weighted by atomic mass is 10.1. The number of imidazole rings is 1. The number of hydrogen-bond acceptors (Lipinski definition) is 2. The van der Waals surface area contributed by atoms with Crippen molar-refractivity contribution in [1.82, 2.24) is 9.55 Å². The molecule has 1 heterocycles. The molecule has 0 unspecified atom stereocenters. The van der Waals surface area contributed by atoms with Crippen LogP contribution in [0.3, 0.4) is 0 Å². The highest BCUT2D eigenvalue weighted by Crippen LogP contribution is 2.14. The fourth-order valence-electron chi connectivity index (χ4n) is 1.95. The van der Waals surface area contributed by atoms with Crippen LogP contribution in [0, 0.1) is 6.92 Å². The first kappa shape index (κ1) is 11.7. The van der Waals surface area contributed by atoms with E-state index in [1.165, 1.54) is 11.3 Å². The Balaban J connectivity index is 1.92. The Labute approximate surface area is 103 Å². The summed E-state index contributed by atoms with van der Waals surface area (Å²) >= 11 is 0.